The Morgan fingerprint density at radius 1 is 0.457 bits per heavy atom. The van der Waals surface area contributed by atoms with Crippen LogP contribution in [-0.4, -0.2) is 55.9 Å². The first-order chi connectivity index (χ1) is 44.9. The number of aryl methyl sites for hydroxylation is 5. The van der Waals surface area contributed by atoms with E-state index in [1.54, 1.807) is 24.3 Å². The molecule has 6 aromatic carbocycles. The smallest absolute Gasteiger partial charge is 0.338 e. The first kappa shape index (κ1) is 85.0. The molecule has 3 saturated carbocycles. The summed E-state index contributed by atoms with van der Waals surface area (Å²) in [6.45, 7) is 39.0. The van der Waals surface area contributed by atoms with Crippen LogP contribution in [0.25, 0.3) is 0 Å². The van der Waals surface area contributed by atoms with Crippen molar-refractivity contribution in [3.63, 3.8) is 0 Å². The molecule has 92 heavy (non-hydrogen) atoms. The third kappa shape index (κ3) is 33.5. The van der Waals surface area contributed by atoms with E-state index in [1.165, 1.54) is 22.3 Å². The summed E-state index contributed by atoms with van der Waals surface area (Å²) < 4.78 is 39.8. The van der Waals surface area contributed by atoms with E-state index in [4.69, 9.17) is 42.8 Å². The summed E-state index contributed by atoms with van der Waals surface area (Å²) in [6, 6.07) is 47.1. The summed E-state index contributed by atoms with van der Waals surface area (Å²) in [5, 5.41) is 9.48. The minimum Gasteiger partial charge on any atom is -0.490 e. The van der Waals surface area contributed by atoms with Gasteiger partial charge in [0, 0.05) is 4.28 Å². The Morgan fingerprint density at radius 3 is 1.26 bits per heavy atom. The quantitative estimate of drug-likeness (QED) is 0.0271. The predicted molar refractivity (Wildman–Crippen MR) is 387 cm³/mol. The maximum absolute atomic E-state index is 12.2. The summed E-state index contributed by atoms with van der Waals surface area (Å²) >= 11 is 0. The van der Waals surface area contributed by atoms with E-state index in [2.05, 4.69) is 69.3 Å². The van der Waals surface area contributed by atoms with Gasteiger partial charge in [0.05, 0.1) is 23.7 Å². The monoisotopic (exact) mass is 1280 g/mol. The number of esters is 2. The summed E-state index contributed by atoms with van der Waals surface area (Å²) in [5.41, 5.74) is 7.83. The van der Waals surface area contributed by atoms with Gasteiger partial charge < -0.3 is 38.0 Å². The number of rotatable bonds is 19. The van der Waals surface area contributed by atoms with Gasteiger partial charge in [0.15, 0.2) is 6.79 Å². The van der Waals surface area contributed by atoms with Crippen molar-refractivity contribution in [3.8, 4) is 28.7 Å². The molecule has 12 nitrogen and oxygen atoms in total. The van der Waals surface area contributed by atoms with E-state index < -0.39 is 0 Å². The van der Waals surface area contributed by atoms with Gasteiger partial charge in [-0.25, -0.2) is 9.68 Å². The van der Waals surface area contributed by atoms with Crippen molar-refractivity contribution in [1.82, 2.24) is 0 Å². The number of hydrogen-bond donors (Lipinski definition) is 1. The Hall–Kier alpha value is -6.99. The number of ether oxygens (including phenoxy) is 7. The summed E-state index contributed by atoms with van der Waals surface area (Å²) in [4.78, 5) is 37.3. The third-order valence-corrected chi connectivity index (χ3v) is 15.2. The highest BCUT2D eigenvalue weighted by Gasteiger charge is 2.31. The van der Waals surface area contributed by atoms with Crippen LogP contribution in [0, 0.1) is 38.5 Å². The van der Waals surface area contributed by atoms with Crippen molar-refractivity contribution < 1.29 is 62.0 Å². The lowest BCUT2D eigenvalue weighted by atomic mass is 9.81. The number of carbonyl (C=O) groups excluding carboxylic acids is 3. The van der Waals surface area contributed by atoms with Gasteiger partial charge >= 0.3 is 11.9 Å². The van der Waals surface area contributed by atoms with Crippen molar-refractivity contribution in [3.05, 3.63) is 185 Å². The standard InChI is InChI=1S/C23H30O3.2C22H26O4.6C2H6.CH2O.3H2/c1-3-17-5-9-19(10-6-17)23(26-24)20-11-15-22(16-12-20)25-21-13-7-18(4-2)8-14-21;2*1-16-3-7-18(8-4-16)22(23)26-21-13-11-20(12-14-21)25-15-24-19-9-5-17(2)6-10-19;7*1-2;;;/h5-10,13-14,20,22-24H,3-4,11-12,15-16H2,1-2H3;5-6,9-14,16,18H,3-4,7-8,15H2,1-2H3;3-10,20-21H,11-15H2,1-2H3;6*1-2H3;1H2;3*1H. The van der Waals surface area contributed by atoms with E-state index in [0.29, 0.717) is 23.0 Å². The van der Waals surface area contributed by atoms with Gasteiger partial charge in [-0.2, -0.15) is 0 Å². The molecular formula is C80H126O12. The molecule has 0 spiro atoms. The van der Waals surface area contributed by atoms with Crippen LogP contribution in [0.15, 0.2) is 146 Å². The zero-order valence-corrected chi connectivity index (χ0v) is 59.9. The lowest BCUT2D eigenvalue weighted by Crippen LogP contribution is -2.29. The van der Waals surface area contributed by atoms with Crippen molar-refractivity contribution >= 4 is 18.7 Å². The SMILES string of the molecule is C=O.CC.CC.CC.CC.CC.CC.CCc1ccc(OC2CCC(C(OO)c3ccc(CC)cc3)CC2)cc1.Cc1ccc(OCOC2CCC(OC(=O)c3ccc(C)cc3)CC2)cc1.Cc1ccc(OCOc2ccc(OC(=O)C3CCC(C)CC3)cc2)cc1.[HH].[HH].[HH]. The normalized spacial score (nSPS) is 17.6. The summed E-state index contributed by atoms with van der Waals surface area (Å²) in [5.74, 6) is 4.49. The van der Waals surface area contributed by atoms with Gasteiger partial charge in [0.25, 0.3) is 0 Å². The van der Waals surface area contributed by atoms with Crippen LogP contribution in [0.4, 0.5) is 0 Å². The van der Waals surface area contributed by atoms with Crippen LogP contribution in [-0.2, 0) is 36.8 Å². The van der Waals surface area contributed by atoms with E-state index in [1.807, 2.05) is 183 Å². The Balaban J connectivity index is -0.000000588. The van der Waals surface area contributed by atoms with Crippen molar-refractivity contribution in [2.24, 2.45) is 17.8 Å². The fourth-order valence-electron chi connectivity index (χ4n) is 10.0. The second-order valence-corrected chi connectivity index (χ2v) is 21.3. The molecule has 1 N–H and O–H groups in total. The van der Waals surface area contributed by atoms with E-state index in [9.17, 15) is 14.8 Å². The highest BCUT2D eigenvalue weighted by Crippen LogP contribution is 2.38. The predicted octanol–water partition coefficient (Wildman–Crippen LogP) is 22.7. The molecule has 3 aliphatic carbocycles. The minimum absolute atomic E-state index is 0. The molecule has 518 valence electrons. The van der Waals surface area contributed by atoms with Gasteiger partial charge in [-0.1, -0.05) is 193 Å². The fourth-order valence-corrected chi connectivity index (χ4v) is 10.0. The Bertz CT molecular complexity index is 2690. The lowest BCUT2D eigenvalue weighted by molar-refractivity contribution is -0.296. The average Bonchev–Trinajstić information content (AvgIpc) is 0.998. The van der Waals surface area contributed by atoms with Gasteiger partial charge in [-0.05, 0) is 212 Å². The topological polar surface area (TPSA) is 145 Å². The van der Waals surface area contributed by atoms with Gasteiger partial charge in [0.2, 0.25) is 6.79 Å². The van der Waals surface area contributed by atoms with Gasteiger partial charge in [0.1, 0.15) is 47.7 Å². The maximum Gasteiger partial charge on any atom is 0.338 e. The number of hydrogen-bond acceptors (Lipinski definition) is 12. The summed E-state index contributed by atoms with van der Waals surface area (Å²) in [6.07, 6.45) is 13.7. The molecule has 0 heterocycles. The van der Waals surface area contributed by atoms with Crippen LogP contribution in [0.2, 0.25) is 0 Å². The molecule has 1 unspecified atom stereocenters. The molecule has 1 atom stereocenters. The molecule has 0 amide bonds. The van der Waals surface area contributed by atoms with Gasteiger partial charge in [-0.3, -0.25) is 10.1 Å². The maximum atomic E-state index is 12.2. The zero-order valence-electron chi connectivity index (χ0n) is 59.9. The fraction of sp³-hybridized carbons (Fsp3) is 0.512. The van der Waals surface area contributed by atoms with Crippen LogP contribution in [0.3, 0.4) is 0 Å². The van der Waals surface area contributed by atoms with Crippen LogP contribution >= 0.6 is 0 Å². The van der Waals surface area contributed by atoms with Crippen molar-refractivity contribution in [2.75, 3.05) is 13.6 Å². The lowest BCUT2D eigenvalue weighted by Gasteiger charge is -2.32. The highest BCUT2D eigenvalue weighted by molar-refractivity contribution is 5.89. The number of carbonyl (C=O) groups is 3. The molecule has 9 rings (SSSR count). The van der Waals surface area contributed by atoms with Crippen LogP contribution in [0.1, 0.15) is 235 Å². The first-order valence-electron chi connectivity index (χ1n) is 34.6. The second-order valence-electron chi connectivity index (χ2n) is 21.3. The molecule has 0 saturated heterocycles. The molecule has 0 radical (unpaired) electrons. The molecule has 12 heteroatoms. The van der Waals surface area contributed by atoms with Crippen LogP contribution in [0.5, 0.6) is 28.7 Å². The largest absolute Gasteiger partial charge is 0.490 e. The molecule has 0 aliphatic heterocycles. The van der Waals surface area contributed by atoms with Crippen molar-refractivity contribution in [1.29, 1.82) is 0 Å². The van der Waals surface area contributed by atoms with E-state index >= 15 is 0 Å². The zero-order chi connectivity index (χ0) is 69.1. The van der Waals surface area contributed by atoms with Crippen molar-refractivity contribution in [2.45, 2.75) is 239 Å². The number of benzene rings is 6. The molecule has 6 aromatic rings. The molecule has 0 bridgehead atoms. The Labute approximate surface area is 561 Å². The Kier molecular flexibility index (Phi) is 49.4. The minimum atomic E-state index is -0.245. The highest BCUT2D eigenvalue weighted by atomic mass is 17.1. The summed E-state index contributed by atoms with van der Waals surface area (Å²) in [7, 11) is 0. The Morgan fingerprint density at radius 2 is 0.826 bits per heavy atom. The molecular weight excluding hydrogens is 1150 g/mol. The average molecular weight is 1280 g/mol. The van der Waals surface area contributed by atoms with E-state index in [-0.39, 0.29) is 60.1 Å². The molecule has 3 fully saturated rings. The first-order valence-corrected chi connectivity index (χ1v) is 34.6. The molecule has 0 aromatic heterocycles. The van der Waals surface area contributed by atoms with Crippen LogP contribution < -0.4 is 23.7 Å². The van der Waals surface area contributed by atoms with Gasteiger partial charge in [-0.15, -0.1) is 0 Å². The third-order valence-electron chi connectivity index (χ3n) is 15.2. The molecule has 3 aliphatic rings. The van der Waals surface area contributed by atoms with E-state index in [0.717, 1.165) is 124 Å². The second kappa shape index (κ2) is 53.5.